The number of aromatic carboxylic acids is 1. The molecule has 0 bridgehead atoms. The van der Waals surface area contributed by atoms with E-state index in [0.29, 0.717) is 0 Å². The number of carbonyl (C=O) groups is 1. The standard InChI is InChI=1S/C10H12N2O5/c1-6(5-13)11-8-4-2-3-7(10(14)15)9(8)12(16)17/h2-4,6,11,13H,5H2,1H3,(H,14,15). The van der Waals surface area contributed by atoms with Crippen molar-refractivity contribution in [3.8, 4) is 0 Å². The zero-order valence-electron chi connectivity index (χ0n) is 9.08. The number of aliphatic hydroxyl groups excluding tert-OH is 1. The number of nitrogens with zero attached hydrogens (tertiary/aromatic N) is 1. The largest absolute Gasteiger partial charge is 0.477 e. The number of nitrogens with one attached hydrogen (secondary N) is 1. The van der Waals surface area contributed by atoms with E-state index >= 15 is 0 Å². The van der Waals surface area contributed by atoms with Crippen molar-refractivity contribution in [3.63, 3.8) is 0 Å². The Hall–Kier alpha value is -2.15. The van der Waals surface area contributed by atoms with Gasteiger partial charge < -0.3 is 15.5 Å². The van der Waals surface area contributed by atoms with E-state index in [4.69, 9.17) is 10.2 Å². The molecule has 0 aromatic heterocycles. The second kappa shape index (κ2) is 5.26. The molecule has 1 aromatic carbocycles. The zero-order valence-corrected chi connectivity index (χ0v) is 9.08. The molecule has 1 atom stereocenters. The number of nitro groups is 1. The van der Waals surface area contributed by atoms with Gasteiger partial charge in [-0.15, -0.1) is 0 Å². The molecular formula is C10H12N2O5. The Balaban J connectivity index is 3.25. The summed E-state index contributed by atoms with van der Waals surface area (Å²) in [7, 11) is 0. The highest BCUT2D eigenvalue weighted by Gasteiger charge is 2.24. The normalized spacial score (nSPS) is 11.9. The Morgan fingerprint density at radius 2 is 2.24 bits per heavy atom. The lowest BCUT2D eigenvalue weighted by Crippen LogP contribution is -2.20. The molecule has 3 N–H and O–H groups in total. The van der Waals surface area contributed by atoms with Crippen LogP contribution in [0, 0.1) is 10.1 Å². The molecule has 0 aliphatic heterocycles. The minimum absolute atomic E-state index is 0.0800. The first-order chi connectivity index (χ1) is 7.97. The first-order valence-electron chi connectivity index (χ1n) is 4.85. The third-order valence-corrected chi connectivity index (χ3v) is 2.12. The summed E-state index contributed by atoms with van der Waals surface area (Å²) in [6, 6.07) is 3.56. The van der Waals surface area contributed by atoms with Gasteiger partial charge in [0.15, 0.2) is 0 Å². The lowest BCUT2D eigenvalue weighted by molar-refractivity contribution is -0.384. The summed E-state index contributed by atoms with van der Waals surface area (Å²) in [5.74, 6) is -1.36. The molecule has 1 unspecified atom stereocenters. The summed E-state index contributed by atoms with van der Waals surface area (Å²) in [5, 5.41) is 31.2. The molecule has 0 saturated heterocycles. The van der Waals surface area contributed by atoms with Crippen LogP contribution in [0.2, 0.25) is 0 Å². The highest BCUT2D eigenvalue weighted by molar-refractivity contribution is 5.95. The summed E-state index contributed by atoms with van der Waals surface area (Å²) in [4.78, 5) is 21.0. The lowest BCUT2D eigenvalue weighted by atomic mass is 10.1. The fraction of sp³-hybridized carbons (Fsp3) is 0.300. The van der Waals surface area contributed by atoms with Crippen molar-refractivity contribution < 1.29 is 19.9 Å². The van der Waals surface area contributed by atoms with Crippen LogP contribution < -0.4 is 5.32 Å². The minimum atomic E-state index is -1.36. The van der Waals surface area contributed by atoms with Gasteiger partial charge in [0.1, 0.15) is 11.3 Å². The average Bonchev–Trinajstić information content (AvgIpc) is 2.28. The maximum atomic E-state index is 10.9. The third-order valence-electron chi connectivity index (χ3n) is 2.12. The van der Waals surface area contributed by atoms with Crippen LogP contribution in [0.5, 0.6) is 0 Å². The molecule has 0 radical (unpaired) electrons. The molecule has 1 aromatic rings. The van der Waals surface area contributed by atoms with Crippen LogP contribution in [0.1, 0.15) is 17.3 Å². The van der Waals surface area contributed by atoms with Gasteiger partial charge in [-0.2, -0.15) is 0 Å². The van der Waals surface area contributed by atoms with E-state index < -0.39 is 22.6 Å². The topological polar surface area (TPSA) is 113 Å². The van der Waals surface area contributed by atoms with Gasteiger partial charge in [-0.1, -0.05) is 6.07 Å². The SMILES string of the molecule is CC(CO)Nc1cccc(C(=O)O)c1[N+](=O)[O-]. The predicted molar refractivity (Wildman–Crippen MR) is 60.2 cm³/mol. The molecule has 0 spiro atoms. The first-order valence-corrected chi connectivity index (χ1v) is 4.85. The Labute approximate surface area is 96.8 Å². The summed E-state index contributed by atoms with van der Waals surface area (Å²) in [5.41, 5.74) is -0.804. The van der Waals surface area contributed by atoms with Gasteiger partial charge in [0, 0.05) is 6.04 Å². The van der Waals surface area contributed by atoms with Crippen LogP contribution in [0.25, 0.3) is 0 Å². The number of hydrogen-bond acceptors (Lipinski definition) is 5. The van der Waals surface area contributed by atoms with Crippen LogP contribution >= 0.6 is 0 Å². The van der Waals surface area contributed by atoms with E-state index in [9.17, 15) is 14.9 Å². The third kappa shape index (κ3) is 2.91. The molecule has 7 heteroatoms. The number of para-hydroxylation sites is 1. The molecule has 7 nitrogen and oxygen atoms in total. The van der Waals surface area contributed by atoms with Crippen molar-refractivity contribution in [3.05, 3.63) is 33.9 Å². The molecule has 0 fully saturated rings. The molecule has 0 aliphatic rings. The summed E-state index contributed by atoms with van der Waals surface area (Å²) < 4.78 is 0. The van der Waals surface area contributed by atoms with Crippen molar-refractivity contribution in [1.29, 1.82) is 0 Å². The van der Waals surface area contributed by atoms with Crippen molar-refractivity contribution in [2.75, 3.05) is 11.9 Å². The van der Waals surface area contributed by atoms with Crippen LogP contribution in [-0.2, 0) is 0 Å². The van der Waals surface area contributed by atoms with Gasteiger partial charge in [-0.25, -0.2) is 4.79 Å². The second-order valence-corrected chi connectivity index (χ2v) is 3.49. The number of hydrogen-bond donors (Lipinski definition) is 3. The van der Waals surface area contributed by atoms with E-state index in [1.54, 1.807) is 6.92 Å². The number of aliphatic hydroxyl groups is 1. The molecule has 0 saturated carbocycles. The Kier molecular flexibility index (Phi) is 4.00. The molecule has 92 valence electrons. The molecule has 0 heterocycles. The maximum Gasteiger partial charge on any atom is 0.342 e. The van der Waals surface area contributed by atoms with Crippen molar-refractivity contribution in [2.45, 2.75) is 13.0 Å². The van der Waals surface area contributed by atoms with Gasteiger partial charge in [0.25, 0.3) is 0 Å². The first kappa shape index (κ1) is 12.9. The molecular weight excluding hydrogens is 228 g/mol. The average molecular weight is 240 g/mol. The lowest BCUT2D eigenvalue weighted by Gasteiger charge is -2.13. The predicted octanol–water partition coefficient (Wildman–Crippen LogP) is 1.09. The van der Waals surface area contributed by atoms with Crippen LogP contribution in [0.3, 0.4) is 0 Å². The summed E-state index contributed by atoms with van der Waals surface area (Å²) >= 11 is 0. The summed E-state index contributed by atoms with van der Waals surface area (Å²) in [6.45, 7) is 1.41. The highest BCUT2D eigenvalue weighted by atomic mass is 16.6. The second-order valence-electron chi connectivity index (χ2n) is 3.49. The van der Waals surface area contributed by atoms with Crippen molar-refractivity contribution in [2.24, 2.45) is 0 Å². The molecule has 0 aliphatic carbocycles. The number of carboxylic acids is 1. The van der Waals surface area contributed by atoms with Gasteiger partial charge in [0.05, 0.1) is 11.5 Å². The highest BCUT2D eigenvalue weighted by Crippen LogP contribution is 2.29. The van der Waals surface area contributed by atoms with E-state index in [-0.39, 0.29) is 17.9 Å². The molecule has 17 heavy (non-hydrogen) atoms. The van der Waals surface area contributed by atoms with Crippen LogP contribution in [0.15, 0.2) is 18.2 Å². The fourth-order valence-electron chi connectivity index (χ4n) is 1.34. The quantitative estimate of drug-likeness (QED) is 0.524. The van der Waals surface area contributed by atoms with E-state index in [0.717, 1.165) is 6.07 Å². The van der Waals surface area contributed by atoms with Gasteiger partial charge >= 0.3 is 11.7 Å². The Morgan fingerprint density at radius 1 is 1.59 bits per heavy atom. The van der Waals surface area contributed by atoms with Gasteiger partial charge in [0.2, 0.25) is 0 Å². The van der Waals surface area contributed by atoms with Crippen LogP contribution in [-0.4, -0.2) is 33.8 Å². The monoisotopic (exact) mass is 240 g/mol. The zero-order chi connectivity index (χ0) is 13.0. The van der Waals surface area contributed by atoms with Gasteiger partial charge in [-0.3, -0.25) is 10.1 Å². The smallest absolute Gasteiger partial charge is 0.342 e. The maximum absolute atomic E-state index is 10.9. The number of benzene rings is 1. The fourth-order valence-corrected chi connectivity index (χ4v) is 1.34. The number of carboxylic acid groups (broad SMARTS) is 1. The van der Waals surface area contributed by atoms with Crippen molar-refractivity contribution >= 4 is 17.3 Å². The minimum Gasteiger partial charge on any atom is -0.477 e. The Morgan fingerprint density at radius 3 is 2.71 bits per heavy atom. The van der Waals surface area contributed by atoms with Crippen LogP contribution in [0.4, 0.5) is 11.4 Å². The number of anilines is 1. The van der Waals surface area contributed by atoms with E-state index in [1.807, 2.05) is 0 Å². The summed E-state index contributed by atoms with van der Waals surface area (Å²) in [6.07, 6.45) is 0. The Bertz CT molecular complexity index is 446. The van der Waals surface area contributed by atoms with Crippen molar-refractivity contribution in [1.82, 2.24) is 0 Å². The van der Waals surface area contributed by atoms with E-state index in [2.05, 4.69) is 5.32 Å². The number of rotatable bonds is 5. The van der Waals surface area contributed by atoms with E-state index in [1.165, 1.54) is 12.1 Å². The molecule has 0 amide bonds. The molecule has 1 rings (SSSR count). The van der Waals surface area contributed by atoms with Gasteiger partial charge in [-0.05, 0) is 19.1 Å². The number of nitro benzene ring substituents is 1.